The minimum Gasteiger partial charge on any atom is -0.509 e. The van der Waals surface area contributed by atoms with Crippen molar-refractivity contribution in [2.45, 2.75) is 12.6 Å². The normalized spacial score (nSPS) is 27.0. The number of hydrogen-bond acceptors (Lipinski definition) is 1. The van der Waals surface area contributed by atoms with Gasteiger partial charge in [-0.3, -0.25) is 0 Å². The second kappa shape index (κ2) is 2.25. The number of alkyl halides is 1. The molecule has 0 aliphatic heterocycles. The minimum atomic E-state index is -0.977. The van der Waals surface area contributed by atoms with E-state index in [2.05, 4.69) is 0 Å². The number of halogens is 1. The lowest BCUT2D eigenvalue weighted by Gasteiger charge is -2.11. The summed E-state index contributed by atoms with van der Waals surface area (Å²) in [6.07, 6.45) is 2.59. The van der Waals surface area contributed by atoms with Gasteiger partial charge in [-0.1, -0.05) is 6.08 Å². The number of hydrogen-bond donors (Lipinski definition) is 1. The van der Waals surface area contributed by atoms with E-state index in [0.29, 0.717) is 11.9 Å². The first-order valence-electron chi connectivity index (χ1n) is 2.92. The van der Waals surface area contributed by atoms with E-state index >= 15 is 0 Å². The van der Waals surface area contributed by atoms with Gasteiger partial charge in [-0.25, -0.2) is 4.39 Å². The van der Waals surface area contributed by atoms with Crippen molar-refractivity contribution in [1.29, 1.82) is 0 Å². The molecule has 1 atom stereocenters. The SMILES string of the molecule is BC1=C(O)C=CCC1F. The molecule has 1 nitrogen and oxygen atoms in total. The Labute approximate surface area is 54.3 Å². The molecule has 1 rings (SSSR count). The quantitative estimate of drug-likeness (QED) is 0.473. The fraction of sp³-hybridized carbons (Fsp3) is 0.333. The molecule has 0 amide bonds. The van der Waals surface area contributed by atoms with E-state index in [9.17, 15) is 4.39 Å². The molecule has 0 saturated carbocycles. The van der Waals surface area contributed by atoms with Crippen molar-refractivity contribution in [2.75, 3.05) is 0 Å². The van der Waals surface area contributed by atoms with Crippen molar-refractivity contribution in [2.24, 2.45) is 0 Å². The van der Waals surface area contributed by atoms with Gasteiger partial charge < -0.3 is 5.11 Å². The number of rotatable bonds is 0. The molecule has 0 radical (unpaired) electrons. The Morgan fingerprint density at radius 3 is 2.89 bits per heavy atom. The van der Waals surface area contributed by atoms with Gasteiger partial charge in [0.25, 0.3) is 0 Å². The van der Waals surface area contributed by atoms with Crippen LogP contribution >= 0.6 is 0 Å². The first kappa shape index (κ1) is 6.40. The van der Waals surface area contributed by atoms with Gasteiger partial charge in [-0.05, 0) is 11.5 Å². The van der Waals surface area contributed by atoms with Gasteiger partial charge in [0, 0.05) is 6.42 Å². The Hall–Kier alpha value is -0.725. The van der Waals surface area contributed by atoms with Crippen LogP contribution < -0.4 is 0 Å². The summed E-state index contributed by atoms with van der Waals surface area (Å²) in [7, 11) is 1.60. The molecule has 3 heteroatoms. The molecule has 9 heavy (non-hydrogen) atoms. The molecule has 0 heterocycles. The summed E-state index contributed by atoms with van der Waals surface area (Å²) in [6, 6.07) is 0. The third-order valence-electron chi connectivity index (χ3n) is 1.49. The van der Waals surface area contributed by atoms with Gasteiger partial charge in [-0.15, -0.1) is 0 Å². The molecule has 1 unspecified atom stereocenters. The summed E-state index contributed by atoms with van der Waals surface area (Å²) >= 11 is 0. The number of allylic oxidation sites excluding steroid dienone is 3. The third-order valence-corrected chi connectivity index (χ3v) is 1.49. The fourth-order valence-corrected chi connectivity index (χ4v) is 0.768. The van der Waals surface area contributed by atoms with Crippen LogP contribution in [-0.2, 0) is 0 Å². The average Bonchev–Trinajstić information content (AvgIpc) is 1.83. The molecule has 1 aliphatic carbocycles. The third kappa shape index (κ3) is 1.15. The van der Waals surface area contributed by atoms with E-state index in [1.807, 2.05) is 0 Å². The van der Waals surface area contributed by atoms with Crippen LogP contribution in [0.2, 0.25) is 0 Å². The molecule has 0 aromatic carbocycles. The van der Waals surface area contributed by atoms with Crippen LogP contribution in [-0.4, -0.2) is 19.1 Å². The largest absolute Gasteiger partial charge is 0.509 e. The van der Waals surface area contributed by atoms with Crippen molar-refractivity contribution in [3.8, 4) is 0 Å². The molecule has 48 valence electrons. The first-order valence-corrected chi connectivity index (χ1v) is 2.92. The van der Waals surface area contributed by atoms with Crippen molar-refractivity contribution >= 4 is 7.85 Å². The van der Waals surface area contributed by atoms with Gasteiger partial charge >= 0.3 is 0 Å². The Morgan fingerprint density at radius 1 is 1.78 bits per heavy atom. The molecule has 0 aromatic rings. The van der Waals surface area contributed by atoms with Gasteiger partial charge in [0.05, 0.1) is 0 Å². The zero-order valence-corrected chi connectivity index (χ0v) is 5.26. The zero-order chi connectivity index (χ0) is 6.85. The topological polar surface area (TPSA) is 20.2 Å². The summed E-state index contributed by atoms with van der Waals surface area (Å²) < 4.78 is 12.6. The Morgan fingerprint density at radius 2 is 2.44 bits per heavy atom. The maximum absolute atomic E-state index is 12.6. The van der Waals surface area contributed by atoms with Crippen molar-refractivity contribution in [3.63, 3.8) is 0 Å². The van der Waals surface area contributed by atoms with E-state index in [-0.39, 0.29) is 5.76 Å². The second-order valence-electron chi connectivity index (χ2n) is 2.17. The van der Waals surface area contributed by atoms with Crippen molar-refractivity contribution < 1.29 is 9.50 Å². The van der Waals surface area contributed by atoms with Crippen molar-refractivity contribution in [1.82, 2.24) is 0 Å². The smallest absolute Gasteiger partial charge is 0.142 e. The zero-order valence-electron chi connectivity index (χ0n) is 5.26. The average molecular weight is 126 g/mol. The fourth-order valence-electron chi connectivity index (χ4n) is 0.768. The highest BCUT2D eigenvalue weighted by molar-refractivity contribution is 6.22. The summed E-state index contributed by atoms with van der Waals surface area (Å²) in [4.78, 5) is 0. The van der Waals surface area contributed by atoms with Crippen molar-refractivity contribution in [3.05, 3.63) is 23.4 Å². The lowest BCUT2D eigenvalue weighted by Crippen LogP contribution is -2.09. The monoisotopic (exact) mass is 126 g/mol. The number of aliphatic hydroxyl groups excluding tert-OH is 1. The molecule has 0 aromatic heterocycles. The molecule has 0 saturated heterocycles. The molecule has 0 fully saturated rings. The molecule has 0 spiro atoms. The lowest BCUT2D eigenvalue weighted by molar-refractivity contribution is 0.358. The Bertz CT molecular complexity index is 174. The first-order chi connectivity index (χ1) is 4.22. The van der Waals surface area contributed by atoms with E-state index in [1.165, 1.54) is 6.08 Å². The summed E-state index contributed by atoms with van der Waals surface area (Å²) in [5, 5.41) is 8.90. The van der Waals surface area contributed by atoms with E-state index in [0.717, 1.165) is 0 Å². The predicted molar refractivity (Wildman–Crippen MR) is 36.9 cm³/mol. The van der Waals surface area contributed by atoms with Gasteiger partial charge in [-0.2, -0.15) is 0 Å². The van der Waals surface area contributed by atoms with E-state index < -0.39 is 6.17 Å². The Balaban J connectivity index is 2.83. The van der Waals surface area contributed by atoms with Gasteiger partial charge in [0.1, 0.15) is 19.8 Å². The van der Waals surface area contributed by atoms with E-state index in [1.54, 1.807) is 13.9 Å². The Kier molecular flexibility index (Phi) is 1.60. The standard InChI is InChI=1S/C6H8BFO/c7-6-4(8)2-1-3-5(6)9/h1,3-4,9H,2,7H2. The highest BCUT2D eigenvalue weighted by atomic mass is 19.1. The summed E-state index contributed by atoms with van der Waals surface area (Å²) in [5.74, 6) is 0.0775. The maximum atomic E-state index is 12.6. The van der Waals surface area contributed by atoms with Crippen LogP contribution in [0.4, 0.5) is 4.39 Å². The summed E-state index contributed by atoms with van der Waals surface area (Å²) in [6.45, 7) is 0. The predicted octanol–water partition coefficient (Wildman–Crippen LogP) is 0.687. The van der Waals surface area contributed by atoms with Crippen LogP contribution in [0.25, 0.3) is 0 Å². The summed E-state index contributed by atoms with van der Waals surface area (Å²) in [5.41, 5.74) is 0.442. The molecular formula is C6H8BFO. The van der Waals surface area contributed by atoms with Crippen LogP contribution in [0, 0.1) is 0 Å². The van der Waals surface area contributed by atoms with E-state index in [4.69, 9.17) is 5.11 Å². The minimum absolute atomic E-state index is 0.0775. The van der Waals surface area contributed by atoms with Gasteiger partial charge in [0.15, 0.2) is 0 Å². The molecular weight excluding hydrogens is 118 g/mol. The van der Waals surface area contributed by atoms with Crippen LogP contribution in [0.5, 0.6) is 0 Å². The van der Waals surface area contributed by atoms with Gasteiger partial charge in [0.2, 0.25) is 0 Å². The van der Waals surface area contributed by atoms with Crippen LogP contribution in [0.15, 0.2) is 23.4 Å². The number of aliphatic hydroxyl groups is 1. The molecule has 1 N–H and O–H groups in total. The molecule has 1 aliphatic rings. The maximum Gasteiger partial charge on any atom is 0.142 e. The van der Waals surface area contributed by atoms with Crippen LogP contribution in [0.3, 0.4) is 0 Å². The second-order valence-corrected chi connectivity index (χ2v) is 2.17. The van der Waals surface area contributed by atoms with Crippen LogP contribution in [0.1, 0.15) is 6.42 Å². The highest BCUT2D eigenvalue weighted by Crippen LogP contribution is 2.17. The highest BCUT2D eigenvalue weighted by Gasteiger charge is 2.13. The molecule has 0 bridgehead atoms. The lowest BCUT2D eigenvalue weighted by atomic mass is 9.85.